The van der Waals surface area contributed by atoms with Gasteiger partial charge in [0, 0.05) is 13.0 Å². The van der Waals surface area contributed by atoms with Crippen LogP contribution in [0.15, 0.2) is 30.3 Å². The Kier molecular flexibility index (Phi) is 8.97. The lowest BCUT2D eigenvalue weighted by molar-refractivity contribution is -0.138. The number of aromatic nitrogens is 2. The Hall–Kier alpha value is -2.38. The number of nitrogens with one attached hydrogen (secondary N) is 1. The second-order valence-electron chi connectivity index (χ2n) is 6.26. The summed E-state index contributed by atoms with van der Waals surface area (Å²) in [6, 6.07) is 9.74. The van der Waals surface area contributed by atoms with E-state index in [9.17, 15) is 9.59 Å². The molecule has 8 heteroatoms. The highest BCUT2D eigenvalue weighted by atomic mass is 35.5. The predicted molar refractivity (Wildman–Crippen MR) is 108 cm³/mol. The van der Waals surface area contributed by atoms with E-state index in [4.69, 9.17) is 5.11 Å². The Bertz CT molecular complexity index is 762. The summed E-state index contributed by atoms with van der Waals surface area (Å²) >= 11 is 0. The molecule has 1 aromatic carbocycles. The average molecular weight is 395 g/mol. The molecule has 1 heterocycles. The number of carbonyl (C=O) groups is 2. The standard InChI is InChI=1S/C19H26N4O3.ClH/c1-4-11-22(13-18(25)26)12-10-17(24)20-19-14(2)21-23(15(19)3)16-8-6-5-7-9-16;/h5-9H,4,10-13H2,1-3H3,(H,20,24)(H,25,26);1H. The van der Waals surface area contributed by atoms with Gasteiger partial charge in [0.15, 0.2) is 0 Å². The van der Waals surface area contributed by atoms with Crippen molar-refractivity contribution in [1.29, 1.82) is 0 Å². The number of carbonyl (C=O) groups excluding carboxylic acids is 1. The van der Waals surface area contributed by atoms with Crippen molar-refractivity contribution in [3.8, 4) is 5.69 Å². The number of halogens is 1. The van der Waals surface area contributed by atoms with Crippen LogP contribution in [-0.2, 0) is 9.59 Å². The van der Waals surface area contributed by atoms with E-state index in [-0.39, 0.29) is 31.3 Å². The van der Waals surface area contributed by atoms with E-state index in [1.54, 1.807) is 9.58 Å². The Morgan fingerprint density at radius 1 is 1.19 bits per heavy atom. The van der Waals surface area contributed by atoms with Gasteiger partial charge in [0.2, 0.25) is 5.91 Å². The van der Waals surface area contributed by atoms with E-state index >= 15 is 0 Å². The van der Waals surface area contributed by atoms with Crippen LogP contribution in [0.2, 0.25) is 0 Å². The van der Waals surface area contributed by atoms with Gasteiger partial charge in [0.05, 0.1) is 29.3 Å². The number of hydrogen-bond donors (Lipinski definition) is 2. The van der Waals surface area contributed by atoms with Crippen molar-refractivity contribution in [3.63, 3.8) is 0 Å². The molecule has 0 aliphatic rings. The van der Waals surface area contributed by atoms with E-state index in [0.29, 0.717) is 18.8 Å². The third-order valence-corrected chi connectivity index (χ3v) is 4.11. The van der Waals surface area contributed by atoms with Crippen LogP contribution in [0.1, 0.15) is 31.2 Å². The first-order valence-electron chi connectivity index (χ1n) is 8.78. The molecule has 0 radical (unpaired) electrons. The minimum Gasteiger partial charge on any atom is -0.480 e. The normalized spacial score (nSPS) is 10.5. The van der Waals surface area contributed by atoms with E-state index in [1.807, 2.05) is 51.1 Å². The molecule has 1 aromatic heterocycles. The minimum absolute atomic E-state index is 0. The smallest absolute Gasteiger partial charge is 0.317 e. The summed E-state index contributed by atoms with van der Waals surface area (Å²) in [5.41, 5.74) is 3.25. The fourth-order valence-electron chi connectivity index (χ4n) is 2.88. The van der Waals surface area contributed by atoms with Gasteiger partial charge >= 0.3 is 5.97 Å². The molecule has 0 fully saturated rings. The van der Waals surface area contributed by atoms with Crippen molar-refractivity contribution in [2.45, 2.75) is 33.6 Å². The number of amides is 1. The number of benzene rings is 1. The molecule has 2 N–H and O–H groups in total. The van der Waals surface area contributed by atoms with Gasteiger partial charge in [-0.15, -0.1) is 12.4 Å². The Balaban J connectivity index is 0.00000364. The van der Waals surface area contributed by atoms with Gasteiger partial charge in [-0.1, -0.05) is 25.1 Å². The SMILES string of the molecule is CCCN(CCC(=O)Nc1c(C)nn(-c2ccccc2)c1C)CC(=O)O.Cl. The van der Waals surface area contributed by atoms with Gasteiger partial charge in [-0.2, -0.15) is 5.10 Å². The number of carboxylic acid groups (broad SMARTS) is 1. The number of hydrogen-bond acceptors (Lipinski definition) is 4. The lowest BCUT2D eigenvalue weighted by Crippen LogP contribution is -2.33. The summed E-state index contributed by atoms with van der Waals surface area (Å²) in [4.78, 5) is 25.0. The Morgan fingerprint density at radius 2 is 1.85 bits per heavy atom. The fourth-order valence-corrected chi connectivity index (χ4v) is 2.88. The molecule has 7 nitrogen and oxygen atoms in total. The number of anilines is 1. The van der Waals surface area contributed by atoms with Crippen LogP contribution in [0, 0.1) is 13.8 Å². The molecule has 27 heavy (non-hydrogen) atoms. The minimum atomic E-state index is -0.880. The van der Waals surface area contributed by atoms with Crippen LogP contribution in [0.5, 0.6) is 0 Å². The van der Waals surface area contributed by atoms with Crippen molar-refractivity contribution in [2.24, 2.45) is 0 Å². The van der Waals surface area contributed by atoms with E-state index in [0.717, 1.165) is 23.5 Å². The van der Waals surface area contributed by atoms with Gasteiger partial charge in [-0.05, 0) is 38.9 Å². The number of carboxylic acids is 1. The Labute approximate surface area is 165 Å². The van der Waals surface area contributed by atoms with Gasteiger partial charge in [0.25, 0.3) is 0 Å². The maximum absolute atomic E-state index is 12.3. The number of aryl methyl sites for hydroxylation is 1. The molecule has 0 aliphatic heterocycles. The third-order valence-electron chi connectivity index (χ3n) is 4.11. The molecule has 0 bridgehead atoms. The van der Waals surface area contributed by atoms with E-state index in [1.165, 1.54) is 0 Å². The highest BCUT2D eigenvalue weighted by molar-refractivity contribution is 5.92. The maximum atomic E-state index is 12.3. The van der Waals surface area contributed by atoms with Gasteiger partial charge in [-0.3, -0.25) is 14.5 Å². The molecule has 0 saturated carbocycles. The molecular formula is C19H27ClN4O3. The van der Waals surface area contributed by atoms with Crippen LogP contribution in [-0.4, -0.2) is 51.3 Å². The molecule has 1 amide bonds. The third kappa shape index (κ3) is 6.37. The number of para-hydroxylation sites is 1. The van der Waals surface area contributed by atoms with Crippen LogP contribution < -0.4 is 5.32 Å². The summed E-state index contributed by atoms with van der Waals surface area (Å²) in [5, 5.41) is 16.4. The monoisotopic (exact) mass is 394 g/mol. The van der Waals surface area contributed by atoms with Crippen molar-refractivity contribution >= 4 is 30.0 Å². The van der Waals surface area contributed by atoms with Crippen molar-refractivity contribution in [3.05, 3.63) is 41.7 Å². The number of aliphatic carboxylic acids is 1. The molecule has 2 rings (SSSR count). The van der Waals surface area contributed by atoms with Gasteiger partial charge in [-0.25, -0.2) is 4.68 Å². The topological polar surface area (TPSA) is 87.5 Å². The zero-order valence-corrected chi connectivity index (χ0v) is 16.8. The largest absolute Gasteiger partial charge is 0.480 e. The number of rotatable bonds is 9. The molecule has 0 spiro atoms. The molecule has 0 unspecified atom stereocenters. The average Bonchev–Trinajstić information content (AvgIpc) is 2.88. The molecule has 148 valence electrons. The van der Waals surface area contributed by atoms with Crippen molar-refractivity contribution in [2.75, 3.05) is 25.0 Å². The zero-order valence-electron chi connectivity index (χ0n) is 15.9. The second kappa shape index (κ2) is 10.7. The summed E-state index contributed by atoms with van der Waals surface area (Å²) in [6.07, 6.45) is 1.08. The van der Waals surface area contributed by atoms with E-state index in [2.05, 4.69) is 10.4 Å². The zero-order chi connectivity index (χ0) is 19.1. The molecule has 0 atom stereocenters. The Morgan fingerprint density at radius 3 is 2.44 bits per heavy atom. The first-order chi connectivity index (χ1) is 12.4. The van der Waals surface area contributed by atoms with Crippen LogP contribution in [0.25, 0.3) is 5.69 Å². The van der Waals surface area contributed by atoms with Gasteiger partial charge < -0.3 is 10.4 Å². The molecule has 2 aromatic rings. The lowest BCUT2D eigenvalue weighted by Gasteiger charge is -2.18. The quantitative estimate of drug-likeness (QED) is 0.682. The van der Waals surface area contributed by atoms with E-state index < -0.39 is 5.97 Å². The lowest BCUT2D eigenvalue weighted by atomic mass is 10.2. The summed E-state index contributed by atoms with van der Waals surface area (Å²) in [6.45, 7) is 6.78. The van der Waals surface area contributed by atoms with Crippen LogP contribution in [0.3, 0.4) is 0 Å². The highest BCUT2D eigenvalue weighted by Gasteiger charge is 2.16. The highest BCUT2D eigenvalue weighted by Crippen LogP contribution is 2.22. The molecule has 0 saturated heterocycles. The van der Waals surface area contributed by atoms with Crippen molar-refractivity contribution in [1.82, 2.24) is 14.7 Å². The number of nitrogens with zero attached hydrogens (tertiary/aromatic N) is 3. The first kappa shape index (κ1) is 22.7. The van der Waals surface area contributed by atoms with Crippen molar-refractivity contribution < 1.29 is 14.7 Å². The maximum Gasteiger partial charge on any atom is 0.317 e. The van der Waals surface area contributed by atoms with Gasteiger partial charge in [0.1, 0.15) is 0 Å². The molecular weight excluding hydrogens is 368 g/mol. The summed E-state index contributed by atoms with van der Waals surface area (Å²) in [7, 11) is 0. The first-order valence-corrected chi connectivity index (χ1v) is 8.78. The van der Waals surface area contributed by atoms with Crippen LogP contribution in [0.4, 0.5) is 5.69 Å². The summed E-state index contributed by atoms with van der Waals surface area (Å²) < 4.78 is 1.80. The second-order valence-corrected chi connectivity index (χ2v) is 6.26. The van der Waals surface area contributed by atoms with Crippen LogP contribution >= 0.6 is 12.4 Å². The molecule has 0 aliphatic carbocycles. The summed E-state index contributed by atoms with van der Waals surface area (Å²) in [5.74, 6) is -1.02. The predicted octanol–water partition coefficient (Wildman–Crippen LogP) is 3.04. The fraction of sp³-hybridized carbons (Fsp3) is 0.421.